The van der Waals surface area contributed by atoms with Crippen LogP contribution in [0.4, 0.5) is 0 Å². The van der Waals surface area contributed by atoms with Crippen LogP contribution in [0.15, 0.2) is 0 Å². The fraction of sp³-hybridized carbons (Fsp3) is 0.867. The third-order valence-electron chi connectivity index (χ3n) is 3.83. The van der Waals surface area contributed by atoms with Crippen molar-refractivity contribution in [1.82, 2.24) is 4.90 Å². The lowest BCUT2D eigenvalue weighted by Gasteiger charge is -2.21. The summed E-state index contributed by atoms with van der Waals surface area (Å²) < 4.78 is 0.114. The molecule has 0 aromatic heterocycles. The molecule has 4 heteroatoms. The van der Waals surface area contributed by atoms with Gasteiger partial charge in [0, 0.05) is 35.6 Å². The van der Waals surface area contributed by atoms with Crippen LogP contribution in [0.25, 0.3) is 0 Å². The van der Waals surface area contributed by atoms with E-state index in [1.807, 2.05) is 22.6 Å². The zero-order valence-corrected chi connectivity index (χ0v) is 14.2. The molecule has 0 aromatic carbocycles. The average molecular weight is 379 g/mol. The second-order valence-corrected chi connectivity index (χ2v) is 6.48. The quantitative estimate of drug-likeness (QED) is 0.344. The molecule has 0 saturated carbocycles. The van der Waals surface area contributed by atoms with Gasteiger partial charge < -0.3 is 4.90 Å². The zero-order valence-electron chi connectivity index (χ0n) is 12.0. The smallest absolute Gasteiger partial charge is 0.223 e. The third-order valence-corrected chi connectivity index (χ3v) is 4.55. The highest BCUT2D eigenvalue weighted by Gasteiger charge is 2.31. The van der Waals surface area contributed by atoms with Gasteiger partial charge in [-0.1, -0.05) is 45.4 Å². The Hall–Kier alpha value is -0.130. The van der Waals surface area contributed by atoms with Crippen molar-refractivity contribution < 1.29 is 9.59 Å². The summed E-state index contributed by atoms with van der Waals surface area (Å²) in [5, 5.41) is 0. The lowest BCUT2D eigenvalue weighted by Crippen LogP contribution is -2.38. The van der Waals surface area contributed by atoms with Gasteiger partial charge in [0.1, 0.15) is 6.04 Å². The predicted molar refractivity (Wildman–Crippen MR) is 86.4 cm³/mol. The van der Waals surface area contributed by atoms with Gasteiger partial charge in [-0.15, -0.1) is 0 Å². The summed E-state index contributed by atoms with van der Waals surface area (Å²) in [6.45, 7) is 2.99. The highest BCUT2D eigenvalue weighted by atomic mass is 127. The van der Waals surface area contributed by atoms with Gasteiger partial charge in [-0.3, -0.25) is 9.59 Å². The standard InChI is InChI=1S/C15H26INO2/c1-2-3-4-5-6-7-8-11-14(18)17-12-9-10-13(17)15(16)19/h13H,2-12H2,1H3/t13-/m0/s1. The maximum atomic E-state index is 12.1. The summed E-state index contributed by atoms with van der Waals surface area (Å²) in [7, 11) is 0. The van der Waals surface area contributed by atoms with Gasteiger partial charge in [0.15, 0.2) is 0 Å². The summed E-state index contributed by atoms with van der Waals surface area (Å²) in [5.41, 5.74) is 0. The highest BCUT2D eigenvalue weighted by Crippen LogP contribution is 2.22. The number of rotatable bonds is 9. The summed E-state index contributed by atoms with van der Waals surface area (Å²) in [4.78, 5) is 25.3. The molecular formula is C15H26INO2. The van der Waals surface area contributed by atoms with Crippen molar-refractivity contribution in [2.24, 2.45) is 0 Å². The first-order valence-electron chi connectivity index (χ1n) is 7.65. The number of hydrogen-bond acceptors (Lipinski definition) is 2. The fourth-order valence-corrected chi connectivity index (χ4v) is 3.33. The summed E-state index contributed by atoms with van der Waals surface area (Å²) in [6.07, 6.45) is 11.0. The predicted octanol–water partition coefficient (Wildman–Crippen LogP) is 4.08. The second-order valence-electron chi connectivity index (χ2n) is 5.42. The van der Waals surface area contributed by atoms with Crippen LogP contribution < -0.4 is 0 Å². The molecule has 1 rings (SSSR count). The van der Waals surface area contributed by atoms with Gasteiger partial charge in [0.2, 0.25) is 9.70 Å². The van der Waals surface area contributed by atoms with Crippen LogP contribution in [-0.2, 0) is 9.59 Å². The van der Waals surface area contributed by atoms with E-state index in [1.54, 1.807) is 4.90 Å². The van der Waals surface area contributed by atoms with Crippen molar-refractivity contribution in [2.45, 2.75) is 77.2 Å². The van der Waals surface area contributed by atoms with Crippen LogP contribution in [0.2, 0.25) is 0 Å². The first-order valence-corrected chi connectivity index (χ1v) is 8.73. The SMILES string of the molecule is CCCCCCCCCC(=O)N1CCC[C@H]1C(=O)I. The average Bonchev–Trinajstić information content (AvgIpc) is 2.87. The van der Waals surface area contributed by atoms with Crippen LogP contribution in [0, 0.1) is 0 Å². The minimum Gasteiger partial charge on any atom is -0.332 e. The van der Waals surface area contributed by atoms with Crippen LogP contribution in [0.5, 0.6) is 0 Å². The molecule has 19 heavy (non-hydrogen) atoms. The molecule has 0 N–H and O–H groups in total. The van der Waals surface area contributed by atoms with Crippen LogP contribution in [0.3, 0.4) is 0 Å². The maximum absolute atomic E-state index is 12.1. The van der Waals surface area contributed by atoms with Gasteiger partial charge in [-0.25, -0.2) is 0 Å². The Bertz CT molecular complexity index is 294. The van der Waals surface area contributed by atoms with Crippen molar-refractivity contribution in [1.29, 1.82) is 0 Å². The normalized spacial score (nSPS) is 18.8. The van der Waals surface area contributed by atoms with E-state index in [2.05, 4.69) is 6.92 Å². The molecule has 1 aliphatic heterocycles. The Morgan fingerprint density at radius 3 is 2.37 bits per heavy atom. The Morgan fingerprint density at radius 1 is 1.11 bits per heavy atom. The van der Waals surface area contributed by atoms with Crippen molar-refractivity contribution in [3.63, 3.8) is 0 Å². The molecule has 1 atom stereocenters. The Labute approximate surface area is 130 Å². The molecule has 110 valence electrons. The van der Waals surface area contributed by atoms with Crippen molar-refractivity contribution >= 4 is 32.3 Å². The van der Waals surface area contributed by atoms with E-state index in [4.69, 9.17) is 0 Å². The van der Waals surface area contributed by atoms with Gasteiger partial charge in [-0.05, 0) is 19.3 Å². The monoisotopic (exact) mass is 379 g/mol. The molecule has 0 aromatic rings. The molecule has 1 amide bonds. The zero-order chi connectivity index (χ0) is 14.1. The minimum atomic E-state index is -0.141. The number of carbonyl (C=O) groups excluding carboxylic acids is 2. The molecule has 0 bridgehead atoms. The first-order chi connectivity index (χ1) is 9.16. The van der Waals surface area contributed by atoms with Gasteiger partial charge in [0.05, 0.1) is 0 Å². The van der Waals surface area contributed by atoms with Crippen molar-refractivity contribution in [2.75, 3.05) is 6.54 Å². The topological polar surface area (TPSA) is 37.4 Å². The molecule has 1 fully saturated rings. The van der Waals surface area contributed by atoms with Crippen LogP contribution in [-0.4, -0.2) is 27.2 Å². The van der Waals surface area contributed by atoms with E-state index in [-0.39, 0.29) is 15.7 Å². The summed E-state index contributed by atoms with van der Waals surface area (Å²) in [6, 6.07) is -0.141. The third kappa shape index (κ3) is 6.23. The fourth-order valence-electron chi connectivity index (χ4n) is 2.68. The minimum absolute atomic E-state index is 0.114. The molecule has 1 aliphatic rings. The van der Waals surface area contributed by atoms with Gasteiger partial charge in [0.25, 0.3) is 0 Å². The molecule has 0 radical (unpaired) electrons. The summed E-state index contributed by atoms with van der Waals surface area (Å²) >= 11 is 1.82. The molecule has 0 aliphatic carbocycles. The number of unbranched alkanes of at least 4 members (excludes halogenated alkanes) is 6. The molecule has 0 spiro atoms. The number of amides is 1. The van der Waals surface area contributed by atoms with E-state index >= 15 is 0 Å². The molecule has 1 saturated heterocycles. The van der Waals surface area contributed by atoms with E-state index in [0.717, 1.165) is 32.2 Å². The van der Waals surface area contributed by atoms with E-state index in [1.165, 1.54) is 32.1 Å². The van der Waals surface area contributed by atoms with Gasteiger partial charge in [-0.2, -0.15) is 0 Å². The molecule has 1 heterocycles. The van der Waals surface area contributed by atoms with Gasteiger partial charge >= 0.3 is 0 Å². The van der Waals surface area contributed by atoms with Crippen molar-refractivity contribution in [3.8, 4) is 0 Å². The number of hydrogen-bond donors (Lipinski definition) is 0. The lowest BCUT2D eigenvalue weighted by atomic mass is 10.1. The first kappa shape index (κ1) is 16.9. The number of likely N-dealkylation sites (tertiary alicyclic amines) is 1. The number of nitrogens with zero attached hydrogens (tertiary/aromatic N) is 1. The maximum Gasteiger partial charge on any atom is 0.223 e. The van der Waals surface area contributed by atoms with Crippen LogP contribution in [0.1, 0.15) is 71.1 Å². The number of carbonyl (C=O) groups is 2. The molecular weight excluding hydrogens is 353 g/mol. The largest absolute Gasteiger partial charge is 0.332 e. The Morgan fingerprint density at radius 2 is 1.74 bits per heavy atom. The Balaban J connectivity index is 2.12. The van der Waals surface area contributed by atoms with E-state index < -0.39 is 0 Å². The van der Waals surface area contributed by atoms with Crippen molar-refractivity contribution in [3.05, 3.63) is 0 Å². The molecule has 3 nitrogen and oxygen atoms in total. The lowest BCUT2D eigenvalue weighted by molar-refractivity contribution is -0.134. The highest BCUT2D eigenvalue weighted by molar-refractivity contribution is 14.1. The Kier molecular flexibility index (Phi) is 8.66. The summed E-state index contributed by atoms with van der Waals surface area (Å²) in [5.74, 6) is 0.182. The molecule has 0 unspecified atom stereocenters. The van der Waals surface area contributed by atoms with Crippen LogP contribution >= 0.6 is 22.6 Å². The second kappa shape index (κ2) is 9.72. The van der Waals surface area contributed by atoms with E-state index in [9.17, 15) is 9.59 Å². The van der Waals surface area contributed by atoms with E-state index in [0.29, 0.717) is 6.42 Å². The number of halogens is 1.